The van der Waals surface area contributed by atoms with E-state index in [-0.39, 0.29) is 0 Å². The van der Waals surface area contributed by atoms with E-state index >= 15 is 0 Å². The molecule has 1 aromatic rings. The zero-order valence-corrected chi connectivity index (χ0v) is 11.8. The topological polar surface area (TPSA) is 28.4 Å². The van der Waals surface area contributed by atoms with Crippen molar-refractivity contribution >= 4 is 0 Å². The number of nitrogens with zero attached hydrogens (tertiary/aromatic N) is 1. The molecule has 18 heavy (non-hydrogen) atoms. The molecule has 1 aromatic heterocycles. The average Bonchev–Trinajstić information content (AvgIpc) is 2.72. The molecule has 1 aliphatic rings. The lowest BCUT2D eigenvalue weighted by atomic mass is 10.1. The van der Waals surface area contributed by atoms with Gasteiger partial charge in [0.15, 0.2) is 0 Å². The van der Waals surface area contributed by atoms with Crippen LogP contribution in [0.5, 0.6) is 0 Å². The second kappa shape index (κ2) is 6.95. The maximum absolute atomic E-state index is 5.81. The van der Waals surface area contributed by atoms with Gasteiger partial charge in [-0.1, -0.05) is 13.3 Å². The molecule has 1 aliphatic heterocycles. The summed E-state index contributed by atoms with van der Waals surface area (Å²) in [6, 6.07) is 2.23. The molecule has 0 amide bonds. The monoisotopic (exact) mass is 250 g/mol. The largest absolute Gasteiger partial charge is 0.465 e. The van der Waals surface area contributed by atoms with Crippen LogP contribution in [0.1, 0.15) is 49.7 Å². The minimum absolute atomic E-state index is 0.856. The Morgan fingerprint density at radius 3 is 2.78 bits per heavy atom. The number of piperidine rings is 1. The first-order valence-electron chi connectivity index (χ1n) is 7.31. The Hall–Kier alpha value is -0.800. The van der Waals surface area contributed by atoms with E-state index in [2.05, 4.69) is 30.1 Å². The van der Waals surface area contributed by atoms with Gasteiger partial charge in [0.25, 0.3) is 0 Å². The quantitative estimate of drug-likeness (QED) is 0.787. The molecule has 0 saturated carbocycles. The van der Waals surface area contributed by atoms with Crippen LogP contribution in [0.25, 0.3) is 0 Å². The van der Waals surface area contributed by atoms with Crippen molar-refractivity contribution in [2.75, 3.05) is 19.6 Å². The van der Waals surface area contributed by atoms with Gasteiger partial charge in [0.1, 0.15) is 11.5 Å². The van der Waals surface area contributed by atoms with Crippen LogP contribution in [0, 0.1) is 6.92 Å². The van der Waals surface area contributed by atoms with Crippen LogP contribution in [-0.2, 0) is 13.1 Å². The number of aryl methyl sites for hydroxylation is 1. The Morgan fingerprint density at radius 1 is 1.28 bits per heavy atom. The molecule has 102 valence electrons. The van der Waals surface area contributed by atoms with Crippen molar-refractivity contribution in [1.29, 1.82) is 0 Å². The molecule has 0 bridgehead atoms. The summed E-state index contributed by atoms with van der Waals surface area (Å²) in [6.45, 7) is 9.73. The molecule has 0 atom stereocenters. The van der Waals surface area contributed by atoms with E-state index < -0.39 is 0 Å². The van der Waals surface area contributed by atoms with Crippen LogP contribution in [-0.4, -0.2) is 24.5 Å². The average molecular weight is 250 g/mol. The highest BCUT2D eigenvalue weighted by Gasteiger charge is 2.14. The van der Waals surface area contributed by atoms with Crippen molar-refractivity contribution in [2.45, 2.75) is 52.6 Å². The lowest BCUT2D eigenvalue weighted by Crippen LogP contribution is -2.29. The van der Waals surface area contributed by atoms with Gasteiger partial charge in [-0.15, -0.1) is 0 Å². The molecule has 3 heteroatoms. The van der Waals surface area contributed by atoms with Crippen molar-refractivity contribution in [3.05, 3.63) is 23.2 Å². The molecule has 0 aromatic carbocycles. The van der Waals surface area contributed by atoms with Crippen LogP contribution < -0.4 is 5.32 Å². The molecule has 1 saturated heterocycles. The Bertz CT molecular complexity index is 353. The number of nitrogens with one attached hydrogen (secondary N) is 1. The lowest BCUT2D eigenvalue weighted by molar-refractivity contribution is 0.219. The summed E-state index contributed by atoms with van der Waals surface area (Å²) in [5.74, 6) is 2.17. The van der Waals surface area contributed by atoms with Crippen LogP contribution in [0.15, 0.2) is 10.5 Å². The molecule has 2 rings (SSSR count). The predicted molar refractivity (Wildman–Crippen MR) is 74.6 cm³/mol. The minimum Gasteiger partial charge on any atom is -0.465 e. The third-order valence-electron chi connectivity index (χ3n) is 3.64. The molecule has 1 N–H and O–H groups in total. The van der Waals surface area contributed by atoms with Gasteiger partial charge in [0.2, 0.25) is 0 Å². The molecule has 1 fully saturated rings. The Labute approximate surface area is 111 Å². The molecule has 0 spiro atoms. The fraction of sp³-hybridized carbons (Fsp3) is 0.733. The Morgan fingerprint density at radius 2 is 2.06 bits per heavy atom. The first-order chi connectivity index (χ1) is 8.79. The fourth-order valence-corrected chi connectivity index (χ4v) is 2.58. The number of rotatable bonds is 6. The SMILES string of the molecule is CCCNCc1cc(CN2CCCCC2)c(C)o1. The van der Waals surface area contributed by atoms with Gasteiger partial charge in [-0.3, -0.25) is 4.90 Å². The molecule has 3 nitrogen and oxygen atoms in total. The first kappa shape index (κ1) is 13.6. The maximum atomic E-state index is 5.81. The minimum atomic E-state index is 0.856. The summed E-state index contributed by atoms with van der Waals surface area (Å²) in [5, 5.41) is 3.39. The summed E-state index contributed by atoms with van der Waals surface area (Å²) >= 11 is 0. The molecular weight excluding hydrogens is 224 g/mol. The maximum Gasteiger partial charge on any atom is 0.118 e. The highest BCUT2D eigenvalue weighted by Crippen LogP contribution is 2.19. The fourth-order valence-electron chi connectivity index (χ4n) is 2.58. The number of likely N-dealkylation sites (tertiary alicyclic amines) is 1. The second-order valence-corrected chi connectivity index (χ2v) is 5.31. The van der Waals surface area contributed by atoms with Gasteiger partial charge in [-0.05, 0) is 51.9 Å². The Balaban J connectivity index is 1.87. The van der Waals surface area contributed by atoms with Crippen molar-refractivity contribution < 1.29 is 4.42 Å². The van der Waals surface area contributed by atoms with Crippen molar-refractivity contribution in [3.63, 3.8) is 0 Å². The van der Waals surface area contributed by atoms with Gasteiger partial charge >= 0.3 is 0 Å². The van der Waals surface area contributed by atoms with E-state index in [9.17, 15) is 0 Å². The first-order valence-corrected chi connectivity index (χ1v) is 7.31. The van der Waals surface area contributed by atoms with Gasteiger partial charge < -0.3 is 9.73 Å². The third kappa shape index (κ3) is 3.85. The summed E-state index contributed by atoms with van der Waals surface area (Å²) in [4.78, 5) is 2.55. The standard InChI is InChI=1S/C15H26N2O/c1-3-7-16-11-15-10-14(13(2)18-15)12-17-8-5-4-6-9-17/h10,16H,3-9,11-12H2,1-2H3. The molecule has 0 aliphatic carbocycles. The van der Waals surface area contributed by atoms with E-state index in [1.165, 1.54) is 44.3 Å². The zero-order chi connectivity index (χ0) is 12.8. The van der Waals surface area contributed by atoms with Gasteiger partial charge in [-0.25, -0.2) is 0 Å². The van der Waals surface area contributed by atoms with Gasteiger partial charge in [-0.2, -0.15) is 0 Å². The molecule has 0 unspecified atom stereocenters. The highest BCUT2D eigenvalue weighted by molar-refractivity contribution is 5.20. The number of hydrogen-bond donors (Lipinski definition) is 1. The van der Waals surface area contributed by atoms with E-state index in [1.54, 1.807) is 0 Å². The summed E-state index contributed by atoms with van der Waals surface area (Å²) in [7, 11) is 0. The van der Waals surface area contributed by atoms with Crippen LogP contribution in [0.4, 0.5) is 0 Å². The highest BCUT2D eigenvalue weighted by atomic mass is 16.3. The zero-order valence-electron chi connectivity index (χ0n) is 11.8. The number of furan rings is 1. The summed E-state index contributed by atoms with van der Waals surface area (Å²) in [6.07, 6.45) is 5.26. The number of hydrogen-bond acceptors (Lipinski definition) is 3. The Kier molecular flexibility index (Phi) is 5.26. The molecular formula is C15H26N2O. The summed E-state index contributed by atoms with van der Waals surface area (Å²) < 4.78 is 5.81. The molecule has 0 radical (unpaired) electrons. The van der Waals surface area contributed by atoms with E-state index in [4.69, 9.17) is 4.42 Å². The second-order valence-electron chi connectivity index (χ2n) is 5.31. The lowest BCUT2D eigenvalue weighted by Gasteiger charge is -2.25. The van der Waals surface area contributed by atoms with E-state index in [0.29, 0.717) is 0 Å². The predicted octanol–water partition coefficient (Wildman–Crippen LogP) is 3.07. The van der Waals surface area contributed by atoms with Crippen LogP contribution in [0.3, 0.4) is 0 Å². The van der Waals surface area contributed by atoms with E-state index in [0.717, 1.165) is 31.2 Å². The van der Waals surface area contributed by atoms with Crippen LogP contribution in [0.2, 0.25) is 0 Å². The van der Waals surface area contributed by atoms with Gasteiger partial charge in [0.05, 0.1) is 6.54 Å². The van der Waals surface area contributed by atoms with Crippen LogP contribution >= 0.6 is 0 Å². The van der Waals surface area contributed by atoms with Crippen molar-refractivity contribution in [2.24, 2.45) is 0 Å². The summed E-state index contributed by atoms with van der Waals surface area (Å²) in [5.41, 5.74) is 1.37. The molecule has 2 heterocycles. The third-order valence-corrected chi connectivity index (χ3v) is 3.64. The smallest absolute Gasteiger partial charge is 0.118 e. The normalized spacial score (nSPS) is 17.2. The van der Waals surface area contributed by atoms with Crippen molar-refractivity contribution in [1.82, 2.24) is 10.2 Å². The van der Waals surface area contributed by atoms with Crippen molar-refractivity contribution in [3.8, 4) is 0 Å². The van der Waals surface area contributed by atoms with E-state index in [1.807, 2.05) is 0 Å². The van der Waals surface area contributed by atoms with Gasteiger partial charge in [0, 0.05) is 12.1 Å².